The highest BCUT2D eigenvalue weighted by Crippen LogP contribution is 2.50. The van der Waals surface area contributed by atoms with Gasteiger partial charge in [-0.25, -0.2) is 0 Å². The molecule has 2 rings (SSSR count). The van der Waals surface area contributed by atoms with Crippen molar-refractivity contribution in [2.75, 3.05) is 20.6 Å². The van der Waals surface area contributed by atoms with Gasteiger partial charge < -0.3 is 10.2 Å². The Kier molecular flexibility index (Phi) is 4.94. The Morgan fingerprint density at radius 1 is 1.21 bits per heavy atom. The molecular weight excluding hydrogens is 232 g/mol. The van der Waals surface area contributed by atoms with Crippen molar-refractivity contribution >= 4 is 0 Å². The van der Waals surface area contributed by atoms with E-state index in [0.717, 1.165) is 24.3 Å². The van der Waals surface area contributed by atoms with Gasteiger partial charge in [-0.1, -0.05) is 20.3 Å². The van der Waals surface area contributed by atoms with Gasteiger partial charge in [0.1, 0.15) is 0 Å². The summed E-state index contributed by atoms with van der Waals surface area (Å²) in [5.74, 6) is 3.12. The van der Waals surface area contributed by atoms with Crippen molar-refractivity contribution in [2.24, 2.45) is 17.8 Å². The molecule has 2 nitrogen and oxygen atoms in total. The third-order valence-electron chi connectivity index (χ3n) is 6.36. The first-order chi connectivity index (χ1) is 9.01. The number of fused-ring (bicyclic) bond motifs is 2. The van der Waals surface area contributed by atoms with Crippen LogP contribution in [0.5, 0.6) is 0 Å². The molecule has 2 aliphatic rings. The smallest absolute Gasteiger partial charge is 0.0325 e. The van der Waals surface area contributed by atoms with E-state index in [1.54, 1.807) is 0 Å². The zero-order valence-corrected chi connectivity index (χ0v) is 13.7. The maximum atomic E-state index is 3.80. The predicted octanol–water partition coefficient (Wildman–Crippen LogP) is 3.52. The summed E-state index contributed by atoms with van der Waals surface area (Å²) >= 11 is 0. The first-order valence-electron chi connectivity index (χ1n) is 8.42. The molecule has 2 aliphatic carbocycles. The fourth-order valence-electron chi connectivity index (χ4n) is 4.65. The molecule has 19 heavy (non-hydrogen) atoms. The summed E-state index contributed by atoms with van der Waals surface area (Å²) < 4.78 is 0. The third kappa shape index (κ3) is 3.00. The standard InChI is InChI=1S/C17H34N2/c1-6-17(3,19(4)5)16(18-7-2)12-15-11-13-8-9-14(15)10-13/h13-16,18H,6-12H2,1-5H3. The molecule has 2 bridgehead atoms. The normalized spacial score (nSPS) is 34.7. The number of nitrogens with zero attached hydrogens (tertiary/aromatic N) is 1. The summed E-state index contributed by atoms with van der Waals surface area (Å²) in [5, 5.41) is 3.80. The van der Waals surface area contributed by atoms with Crippen LogP contribution < -0.4 is 5.32 Å². The van der Waals surface area contributed by atoms with E-state index in [1.807, 2.05) is 0 Å². The molecule has 2 saturated carbocycles. The maximum absolute atomic E-state index is 3.80. The van der Waals surface area contributed by atoms with E-state index in [-0.39, 0.29) is 5.54 Å². The minimum absolute atomic E-state index is 0.290. The van der Waals surface area contributed by atoms with Crippen LogP contribution in [-0.4, -0.2) is 37.1 Å². The minimum atomic E-state index is 0.290. The fourth-order valence-corrected chi connectivity index (χ4v) is 4.65. The molecule has 0 radical (unpaired) electrons. The van der Waals surface area contributed by atoms with Crippen molar-refractivity contribution < 1.29 is 0 Å². The number of hydrogen-bond acceptors (Lipinski definition) is 2. The van der Waals surface area contributed by atoms with Crippen LogP contribution in [0.4, 0.5) is 0 Å². The molecule has 0 saturated heterocycles. The minimum Gasteiger partial charge on any atom is -0.312 e. The van der Waals surface area contributed by atoms with Crippen molar-refractivity contribution in [2.45, 2.75) is 70.9 Å². The van der Waals surface area contributed by atoms with Crippen molar-refractivity contribution in [1.29, 1.82) is 0 Å². The lowest BCUT2D eigenvalue weighted by Crippen LogP contribution is -2.57. The first kappa shape index (κ1) is 15.3. The molecule has 5 atom stereocenters. The Bertz CT molecular complexity index is 289. The number of likely N-dealkylation sites (N-methyl/N-ethyl adjacent to an activating group) is 2. The zero-order chi connectivity index (χ0) is 14.0. The second-order valence-corrected chi connectivity index (χ2v) is 7.39. The van der Waals surface area contributed by atoms with Gasteiger partial charge in [0.05, 0.1) is 0 Å². The fraction of sp³-hybridized carbons (Fsp3) is 1.00. The predicted molar refractivity (Wildman–Crippen MR) is 83.4 cm³/mol. The molecule has 2 fully saturated rings. The van der Waals surface area contributed by atoms with Crippen molar-refractivity contribution in [3.8, 4) is 0 Å². The molecule has 0 aromatic rings. The average Bonchev–Trinajstić information content (AvgIpc) is 2.99. The van der Waals surface area contributed by atoms with E-state index in [9.17, 15) is 0 Å². The van der Waals surface area contributed by atoms with Gasteiger partial charge in [-0.15, -0.1) is 0 Å². The van der Waals surface area contributed by atoms with E-state index in [4.69, 9.17) is 0 Å². The molecule has 0 heterocycles. The highest BCUT2D eigenvalue weighted by atomic mass is 15.2. The number of hydrogen-bond donors (Lipinski definition) is 1. The Labute approximate surface area is 120 Å². The summed E-state index contributed by atoms with van der Waals surface area (Å²) in [6.07, 6.45) is 8.69. The van der Waals surface area contributed by atoms with Crippen molar-refractivity contribution in [3.63, 3.8) is 0 Å². The molecule has 1 N–H and O–H groups in total. The van der Waals surface area contributed by atoms with Gasteiger partial charge in [0, 0.05) is 11.6 Å². The maximum Gasteiger partial charge on any atom is 0.0325 e. The van der Waals surface area contributed by atoms with Crippen molar-refractivity contribution in [1.82, 2.24) is 10.2 Å². The third-order valence-corrected chi connectivity index (χ3v) is 6.36. The quantitative estimate of drug-likeness (QED) is 0.758. The van der Waals surface area contributed by atoms with E-state index < -0.39 is 0 Å². The first-order valence-corrected chi connectivity index (χ1v) is 8.42. The Hall–Kier alpha value is -0.0800. The van der Waals surface area contributed by atoms with Gasteiger partial charge >= 0.3 is 0 Å². The van der Waals surface area contributed by atoms with Gasteiger partial charge in [-0.3, -0.25) is 0 Å². The zero-order valence-electron chi connectivity index (χ0n) is 13.7. The SMILES string of the molecule is CCNC(CC1CC2CCC1C2)C(C)(CC)N(C)C. The topological polar surface area (TPSA) is 15.3 Å². The van der Waals surface area contributed by atoms with Gasteiger partial charge in [0.25, 0.3) is 0 Å². The summed E-state index contributed by atoms with van der Waals surface area (Å²) in [5.41, 5.74) is 0.290. The Balaban J connectivity index is 2.03. The highest BCUT2D eigenvalue weighted by molar-refractivity contribution is 4.99. The largest absolute Gasteiger partial charge is 0.312 e. The van der Waals surface area contributed by atoms with E-state index in [1.165, 1.54) is 38.5 Å². The van der Waals surface area contributed by atoms with Gasteiger partial charge in [0.2, 0.25) is 0 Å². The summed E-state index contributed by atoms with van der Waals surface area (Å²) in [4.78, 5) is 2.44. The second kappa shape index (κ2) is 6.13. The molecule has 0 aliphatic heterocycles. The molecule has 0 aromatic carbocycles. The van der Waals surface area contributed by atoms with E-state index >= 15 is 0 Å². The summed E-state index contributed by atoms with van der Waals surface area (Å²) in [7, 11) is 4.49. The molecule has 0 amide bonds. The summed E-state index contributed by atoms with van der Waals surface area (Å²) in [6, 6.07) is 0.641. The molecule has 5 unspecified atom stereocenters. The van der Waals surface area contributed by atoms with Crippen LogP contribution in [0.2, 0.25) is 0 Å². The lowest BCUT2D eigenvalue weighted by molar-refractivity contribution is 0.0918. The monoisotopic (exact) mass is 266 g/mol. The van der Waals surface area contributed by atoms with Crippen molar-refractivity contribution in [3.05, 3.63) is 0 Å². The molecule has 112 valence electrons. The van der Waals surface area contributed by atoms with Crippen LogP contribution in [0.1, 0.15) is 59.3 Å². The molecule has 2 heteroatoms. The molecule has 0 spiro atoms. The van der Waals surface area contributed by atoms with Crippen LogP contribution in [0.25, 0.3) is 0 Å². The van der Waals surface area contributed by atoms with Gasteiger partial charge in [-0.05, 0) is 77.4 Å². The van der Waals surface area contributed by atoms with Crippen LogP contribution in [0, 0.1) is 17.8 Å². The second-order valence-electron chi connectivity index (χ2n) is 7.39. The average molecular weight is 266 g/mol. The van der Waals surface area contributed by atoms with E-state index in [0.29, 0.717) is 6.04 Å². The summed E-state index contributed by atoms with van der Waals surface area (Å²) in [6.45, 7) is 8.12. The Morgan fingerprint density at radius 2 is 1.95 bits per heavy atom. The lowest BCUT2D eigenvalue weighted by Gasteiger charge is -2.45. The number of nitrogens with one attached hydrogen (secondary N) is 1. The lowest BCUT2D eigenvalue weighted by atomic mass is 9.77. The van der Waals surface area contributed by atoms with Crippen LogP contribution in [0.15, 0.2) is 0 Å². The van der Waals surface area contributed by atoms with Gasteiger partial charge in [0.15, 0.2) is 0 Å². The Morgan fingerprint density at radius 3 is 2.37 bits per heavy atom. The highest BCUT2D eigenvalue weighted by Gasteiger charge is 2.43. The van der Waals surface area contributed by atoms with E-state index in [2.05, 4.69) is 45.1 Å². The molecule has 0 aromatic heterocycles. The number of rotatable bonds is 7. The van der Waals surface area contributed by atoms with Crippen LogP contribution >= 0.6 is 0 Å². The molecular formula is C17H34N2. The van der Waals surface area contributed by atoms with Crippen LogP contribution in [0.3, 0.4) is 0 Å². The van der Waals surface area contributed by atoms with Crippen LogP contribution in [-0.2, 0) is 0 Å². The van der Waals surface area contributed by atoms with Gasteiger partial charge in [-0.2, -0.15) is 0 Å².